The van der Waals surface area contributed by atoms with Gasteiger partial charge in [-0.15, -0.1) is 0 Å². The molecule has 0 spiro atoms. The number of aromatic nitrogens is 2. The van der Waals surface area contributed by atoms with Gasteiger partial charge in [-0.2, -0.15) is 5.10 Å². The fourth-order valence-corrected chi connectivity index (χ4v) is 11.0. The Morgan fingerprint density at radius 3 is 2.38 bits per heavy atom. The number of imide groups is 1. The van der Waals surface area contributed by atoms with Crippen molar-refractivity contribution in [3.8, 4) is 22.6 Å². The van der Waals surface area contributed by atoms with E-state index in [2.05, 4.69) is 22.3 Å². The van der Waals surface area contributed by atoms with Gasteiger partial charge in [-0.1, -0.05) is 35.9 Å². The van der Waals surface area contributed by atoms with Crippen LogP contribution in [-0.2, 0) is 45.6 Å². The molecule has 2 N–H and O–H groups in total. The highest BCUT2D eigenvalue weighted by Crippen LogP contribution is 2.52. The van der Waals surface area contributed by atoms with Crippen molar-refractivity contribution in [2.45, 2.75) is 89.8 Å². The molecule has 4 amide bonds. The van der Waals surface area contributed by atoms with Crippen LogP contribution in [0.5, 0.6) is 11.5 Å². The summed E-state index contributed by atoms with van der Waals surface area (Å²) in [4.78, 5) is 72.1. The summed E-state index contributed by atoms with van der Waals surface area (Å²) < 4.78 is 14.3. The second kappa shape index (κ2) is 18.5. The van der Waals surface area contributed by atoms with Crippen LogP contribution >= 0.6 is 11.6 Å². The minimum Gasteiger partial charge on any atom is -0.493 e. The number of piperidine rings is 1. The summed E-state index contributed by atoms with van der Waals surface area (Å²) in [6, 6.07) is 13.7. The van der Waals surface area contributed by atoms with Gasteiger partial charge in [-0.3, -0.25) is 34.1 Å². The number of carboxylic acids is 1. The van der Waals surface area contributed by atoms with Crippen molar-refractivity contribution in [3.05, 3.63) is 92.8 Å². The molecular formula is C49H56ClN7O8. The first-order valence-corrected chi connectivity index (χ1v) is 23.2. The molecule has 1 aliphatic carbocycles. The quantitative estimate of drug-likeness (QED) is 0.122. The Hall–Kier alpha value is -5.93. The van der Waals surface area contributed by atoms with Gasteiger partial charge in [-0.05, 0) is 99.7 Å². The highest BCUT2D eigenvalue weighted by Gasteiger charge is 2.45. The van der Waals surface area contributed by atoms with Crippen LogP contribution in [0.15, 0.2) is 48.5 Å². The molecule has 4 aliphatic heterocycles. The zero-order valence-electron chi connectivity index (χ0n) is 37.2. The van der Waals surface area contributed by atoms with Gasteiger partial charge in [0.15, 0.2) is 6.61 Å². The number of carboxylic acid groups (broad SMARTS) is 1. The lowest BCUT2D eigenvalue weighted by molar-refractivity contribution is -0.139. The highest BCUT2D eigenvalue weighted by atomic mass is 35.5. The van der Waals surface area contributed by atoms with E-state index in [4.69, 9.17) is 26.2 Å². The lowest BCUT2D eigenvalue weighted by atomic mass is 9.88. The lowest BCUT2D eigenvalue weighted by Crippen LogP contribution is -2.52. The zero-order chi connectivity index (χ0) is 45.5. The first-order valence-electron chi connectivity index (χ1n) is 22.8. The van der Waals surface area contributed by atoms with Gasteiger partial charge in [-0.25, -0.2) is 4.79 Å². The monoisotopic (exact) mass is 905 g/mol. The number of ether oxygens (including phenoxy) is 2. The average Bonchev–Trinajstić information content (AvgIpc) is 3.90. The van der Waals surface area contributed by atoms with Gasteiger partial charge >= 0.3 is 5.97 Å². The lowest BCUT2D eigenvalue weighted by Gasteiger charge is -2.36. The molecule has 16 heteroatoms. The third-order valence-electron chi connectivity index (χ3n) is 14.1. The maximum Gasteiger partial charge on any atom is 0.326 e. The van der Waals surface area contributed by atoms with Gasteiger partial charge in [0.2, 0.25) is 11.8 Å². The molecule has 3 atom stereocenters. The summed E-state index contributed by atoms with van der Waals surface area (Å²) in [6.07, 6.45) is 6.15. The van der Waals surface area contributed by atoms with E-state index in [1.165, 1.54) is 22.4 Å². The molecule has 65 heavy (non-hydrogen) atoms. The number of aryl methyl sites for hydroxylation is 3. The van der Waals surface area contributed by atoms with Crippen LogP contribution in [0.3, 0.4) is 0 Å². The Bertz CT molecular complexity index is 2550. The number of piperazine rings is 1. The topological polar surface area (TPSA) is 167 Å². The summed E-state index contributed by atoms with van der Waals surface area (Å²) in [6.45, 7) is 7.50. The number of nitrogens with one attached hydrogen (secondary N) is 1. The SMILES string of the molecule is Cc1nn(C)c(C)c1-c1c(Cl)ccc2c1N(CCN1CCN(C(=O)COc3cccc4c3CN(C3CCC(=O)NC3=O)C4=O)CC1)C(C(=O)O)C2CCCOc1cccc2c1CCCC2. The van der Waals surface area contributed by atoms with Crippen LogP contribution in [0, 0.1) is 13.8 Å². The maximum atomic E-state index is 13.5. The van der Waals surface area contributed by atoms with E-state index in [0.29, 0.717) is 80.6 Å². The van der Waals surface area contributed by atoms with Crippen molar-refractivity contribution in [1.82, 2.24) is 29.8 Å². The second-order valence-electron chi connectivity index (χ2n) is 17.9. The van der Waals surface area contributed by atoms with Crippen LogP contribution in [0.2, 0.25) is 5.02 Å². The normalized spacial score (nSPS) is 20.7. The number of nitrogens with zero attached hydrogens (tertiary/aromatic N) is 6. The van der Waals surface area contributed by atoms with Crippen LogP contribution in [0.25, 0.3) is 11.1 Å². The molecule has 342 valence electrons. The van der Waals surface area contributed by atoms with Gasteiger partial charge in [0, 0.05) is 86.6 Å². The van der Waals surface area contributed by atoms with Gasteiger partial charge in [0.25, 0.3) is 11.8 Å². The number of halogens is 1. The Labute approximate surface area is 383 Å². The maximum absolute atomic E-state index is 13.5. The number of hydrogen-bond donors (Lipinski definition) is 2. The summed E-state index contributed by atoms with van der Waals surface area (Å²) in [5.41, 5.74) is 8.97. The van der Waals surface area contributed by atoms with Crippen LogP contribution in [-0.4, -0.2) is 124 Å². The molecule has 15 nitrogen and oxygen atoms in total. The van der Waals surface area contributed by atoms with Gasteiger partial charge in [0.05, 0.1) is 29.6 Å². The number of benzene rings is 3. The Kier molecular flexibility index (Phi) is 12.6. The molecule has 9 rings (SSSR count). The number of carbonyl (C=O) groups excluding carboxylic acids is 4. The van der Waals surface area contributed by atoms with Gasteiger partial charge in [0.1, 0.15) is 23.6 Å². The van der Waals surface area contributed by atoms with Crippen LogP contribution < -0.4 is 19.7 Å². The van der Waals surface area contributed by atoms with E-state index in [1.54, 1.807) is 23.1 Å². The molecule has 3 aromatic carbocycles. The molecule has 0 bridgehead atoms. The van der Waals surface area contributed by atoms with Crippen LogP contribution in [0.4, 0.5) is 5.69 Å². The highest BCUT2D eigenvalue weighted by molar-refractivity contribution is 6.34. The van der Waals surface area contributed by atoms with Crippen LogP contribution in [0.1, 0.15) is 88.4 Å². The van der Waals surface area contributed by atoms with E-state index >= 15 is 0 Å². The fourth-order valence-electron chi connectivity index (χ4n) is 10.7. The molecule has 1 aromatic heterocycles. The Morgan fingerprint density at radius 2 is 1.65 bits per heavy atom. The standard InChI is InChI=1S/C49H56ClN7O8/c1-29-43(30(2)53(3)52-29)44-37(50)17-16-34-33(13-8-26-64-39-14-6-10-31-9-4-5-11-32(31)39)46(49(62)63)56(45(34)44)25-22-54-20-23-55(24-21-54)42(59)28-65-40-15-7-12-35-36(40)27-57(48(35)61)38-18-19-41(58)51-47(38)60/h6-7,10,12,14-17,33,38,46H,4-5,8-9,11,13,18-28H2,1-3H3,(H,62,63)(H,51,58,60). The smallest absolute Gasteiger partial charge is 0.326 e. The van der Waals surface area contributed by atoms with Crippen molar-refractivity contribution in [2.24, 2.45) is 7.05 Å². The summed E-state index contributed by atoms with van der Waals surface area (Å²) in [7, 11) is 1.90. The van der Waals surface area contributed by atoms with Crippen molar-refractivity contribution < 1.29 is 38.6 Å². The largest absolute Gasteiger partial charge is 0.493 e. The van der Waals surface area contributed by atoms with Crippen molar-refractivity contribution in [2.75, 3.05) is 57.4 Å². The number of aliphatic carboxylic acids is 1. The minimum atomic E-state index is -0.890. The zero-order valence-corrected chi connectivity index (χ0v) is 38.0. The van der Waals surface area contributed by atoms with Crippen molar-refractivity contribution >= 4 is 46.9 Å². The second-order valence-corrected chi connectivity index (χ2v) is 18.3. The number of carbonyl (C=O) groups is 5. The van der Waals surface area contributed by atoms with Crippen molar-refractivity contribution in [1.29, 1.82) is 0 Å². The van der Waals surface area contributed by atoms with E-state index in [1.807, 2.05) is 48.7 Å². The third-order valence-corrected chi connectivity index (χ3v) is 14.4. The molecule has 5 aliphatic rings. The molecule has 5 heterocycles. The molecule has 0 radical (unpaired) electrons. The first kappa shape index (κ1) is 44.3. The predicted molar refractivity (Wildman–Crippen MR) is 243 cm³/mol. The average molecular weight is 906 g/mol. The van der Waals surface area contributed by atoms with Gasteiger partial charge < -0.3 is 29.3 Å². The number of fused-ring (bicyclic) bond motifs is 3. The summed E-state index contributed by atoms with van der Waals surface area (Å²) in [5, 5.41) is 18.6. The summed E-state index contributed by atoms with van der Waals surface area (Å²) in [5.74, 6) is -1.18. The number of rotatable bonds is 14. The first-order chi connectivity index (χ1) is 31.4. The number of hydrogen-bond acceptors (Lipinski definition) is 10. The summed E-state index contributed by atoms with van der Waals surface area (Å²) >= 11 is 7.10. The third kappa shape index (κ3) is 8.56. The van der Waals surface area contributed by atoms with E-state index < -0.39 is 24.0 Å². The fraction of sp³-hybridized carbons (Fsp3) is 0.469. The Morgan fingerprint density at radius 1 is 0.892 bits per heavy atom. The number of amides is 4. The van der Waals surface area contributed by atoms with E-state index in [0.717, 1.165) is 58.8 Å². The van der Waals surface area contributed by atoms with E-state index in [9.17, 15) is 29.1 Å². The predicted octanol–water partition coefficient (Wildman–Crippen LogP) is 5.44. The molecule has 2 fully saturated rings. The molecule has 0 saturated carbocycles. The van der Waals surface area contributed by atoms with Crippen molar-refractivity contribution in [3.63, 3.8) is 0 Å². The molecule has 2 saturated heterocycles. The number of anilines is 1. The molecule has 3 unspecified atom stereocenters. The molecule has 4 aromatic rings. The minimum absolute atomic E-state index is 0.147. The molecular weight excluding hydrogens is 850 g/mol. The van der Waals surface area contributed by atoms with E-state index in [-0.39, 0.29) is 49.6 Å². The Balaban J connectivity index is 0.861.